The average Bonchev–Trinajstić information content (AvgIpc) is 3.36. The number of H-pyrrole nitrogens is 1. The number of rotatable bonds is 3. The van der Waals surface area contributed by atoms with E-state index >= 15 is 0 Å². The summed E-state index contributed by atoms with van der Waals surface area (Å²) in [5, 5.41) is 3.54. The summed E-state index contributed by atoms with van der Waals surface area (Å²) in [7, 11) is 0. The van der Waals surface area contributed by atoms with Crippen LogP contribution in [0.3, 0.4) is 0 Å². The quantitative estimate of drug-likeness (QED) is 0.516. The molecule has 3 heterocycles. The first-order chi connectivity index (χ1) is 14.4. The molecule has 2 aromatic carbocycles. The molecule has 8 heteroatoms. The number of imide groups is 1. The molecule has 4 aromatic rings. The molecule has 7 nitrogen and oxygen atoms in total. The van der Waals surface area contributed by atoms with Gasteiger partial charge in [0, 0.05) is 12.1 Å². The number of aryl methyl sites for hydroxylation is 2. The molecule has 30 heavy (non-hydrogen) atoms. The second-order valence-corrected chi connectivity index (χ2v) is 8.42. The number of anilines is 1. The van der Waals surface area contributed by atoms with Crippen molar-refractivity contribution in [1.29, 1.82) is 0 Å². The number of benzene rings is 2. The van der Waals surface area contributed by atoms with E-state index in [1.807, 2.05) is 43.3 Å². The van der Waals surface area contributed by atoms with Gasteiger partial charge in [-0.25, -0.2) is 4.98 Å². The lowest BCUT2D eigenvalue weighted by Gasteiger charge is -2.15. The zero-order valence-electron chi connectivity index (χ0n) is 16.4. The van der Waals surface area contributed by atoms with E-state index < -0.39 is 5.92 Å². The number of carbonyl (C=O) groups excluding carboxylic acids is 2. The number of aromatic amines is 1. The number of fused-ring (bicyclic) bond motifs is 1. The van der Waals surface area contributed by atoms with Crippen LogP contribution in [-0.4, -0.2) is 26.6 Å². The molecule has 150 valence electrons. The highest BCUT2D eigenvalue weighted by atomic mass is 32.1. The van der Waals surface area contributed by atoms with E-state index in [4.69, 9.17) is 0 Å². The summed E-state index contributed by atoms with van der Waals surface area (Å²) in [5.74, 6) is -1.49. The summed E-state index contributed by atoms with van der Waals surface area (Å²) in [4.78, 5) is 44.7. The Bertz CT molecular complexity index is 1330. The van der Waals surface area contributed by atoms with Crippen LogP contribution in [0.25, 0.3) is 15.3 Å². The topological polar surface area (TPSA) is 88.1 Å². The molecular formula is C22H18N4O3S. The number of nitrogens with zero attached hydrogens (tertiary/aromatic N) is 3. The number of amides is 2. The number of carbonyl (C=O) groups is 2. The van der Waals surface area contributed by atoms with Gasteiger partial charge in [-0.1, -0.05) is 41.2 Å². The van der Waals surface area contributed by atoms with E-state index in [1.165, 1.54) is 20.9 Å². The molecule has 1 fully saturated rings. The third kappa shape index (κ3) is 2.80. The molecule has 0 radical (unpaired) electrons. The molecule has 2 amide bonds. The van der Waals surface area contributed by atoms with E-state index in [2.05, 4.69) is 10.1 Å². The summed E-state index contributed by atoms with van der Waals surface area (Å²) in [6.45, 7) is 3.68. The van der Waals surface area contributed by atoms with Crippen LogP contribution >= 0.6 is 11.3 Å². The van der Waals surface area contributed by atoms with E-state index in [0.29, 0.717) is 22.1 Å². The van der Waals surface area contributed by atoms with E-state index in [9.17, 15) is 14.4 Å². The highest BCUT2D eigenvalue weighted by Gasteiger charge is 2.43. The van der Waals surface area contributed by atoms with Crippen LogP contribution < -0.4 is 10.5 Å². The molecule has 1 N–H and O–H groups in total. The highest BCUT2D eigenvalue weighted by Crippen LogP contribution is 2.33. The Morgan fingerprint density at radius 3 is 2.50 bits per heavy atom. The molecule has 0 aliphatic carbocycles. The van der Waals surface area contributed by atoms with Crippen LogP contribution in [0.1, 0.15) is 29.2 Å². The Hall–Kier alpha value is -3.52. The molecule has 5 rings (SSSR count). The van der Waals surface area contributed by atoms with Gasteiger partial charge in [-0.3, -0.25) is 24.4 Å². The first-order valence-corrected chi connectivity index (χ1v) is 10.4. The minimum atomic E-state index is -0.807. The van der Waals surface area contributed by atoms with Crippen LogP contribution in [0.4, 0.5) is 5.69 Å². The Morgan fingerprint density at radius 1 is 1.03 bits per heavy atom. The van der Waals surface area contributed by atoms with Crippen molar-refractivity contribution < 1.29 is 9.59 Å². The second kappa shape index (κ2) is 6.77. The third-order valence-electron chi connectivity index (χ3n) is 5.38. The van der Waals surface area contributed by atoms with E-state index in [1.54, 1.807) is 19.1 Å². The zero-order valence-corrected chi connectivity index (χ0v) is 17.2. The standard InChI is InChI=1S/C22H18N4O3S/c1-12-7-9-14(10-8-12)25-18(27)11-15(20(25)28)19-13(2)24-26(21(19)29)22-23-16-5-3-4-6-17(16)30-22/h3-10,15,24H,11H2,1-2H3/t15-/m1/s1. The fourth-order valence-electron chi connectivity index (χ4n) is 3.88. The zero-order chi connectivity index (χ0) is 21.0. The first-order valence-electron chi connectivity index (χ1n) is 9.55. The molecule has 0 spiro atoms. The Kier molecular flexibility index (Phi) is 4.18. The molecule has 1 aliphatic rings. The van der Waals surface area contributed by atoms with Gasteiger partial charge < -0.3 is 0 Å². The van der Waals surface area contributed by atoms with Crippen LogP contribution in [0.5, 0.6) is 0 Å². The van der Waals surface area contributed by atoms with Crippen molar-refractivity contribution in [2.75, 3.05) is 4.90 Å². The maximum atomic E-state index is 13.2. The monoisotopic (exact) mass is 418 g/mol. The molecule has 1 atom stereocenters. The normalized spacial score (nSPS) is 16.7. The van der Waals surface area contributed by atoms with Gasteiger partial charge in [0.2, 0.25) is 16.9 Å². The molecule has 1 aliphatic heterocycles. The van der Waals surface area contributed by atoms with Crippen LogP contribution in [0.15, 0.2) is 53.3 Å². The minimum Gasteiger partial charge on any atom is -0.293 e. The molecule has 0 unspecified atom stereocenters. The first kappa shape index (κ1) is 18.5. The van der Waals surface area contributed by atoms with E-state index in [0.717, 1.165) is 15.8 Å². The van der Waals surface area contributed by atoms with Crippen molar-refractivity contribution >= 4 is 39.1 Å². The molecule has 0 bridgehead atoms. The van der Waals surface area contributed by atoms with Crippen molar-refractivity contribution in [3.05, 3.63) is 75.7 Å². The molecule has 0 saturated carbocycles. The number of hydrogen-bond acceptors (Lipinski definition) is 5. The molecule has 2 aromatic heterocycles. The smallest absolute Gasteiger partial charge is 0.277 e. The number of thiazole rings is 1. The predicted molar refractivity (Wildman–Crippen MR) is 115 cm³/mol. The lowest BCUT2D eigenvalue weighted by atomic mass is 9.98. The van der Waals surface area contributed by atoms with Gasteiger partial charge in [-0.2, -0.15) is 4.68 Å². The van der Waals surface area contributed by atoms with Gasteiger partial charge in [-0.15, -0.1) is 0 Å². The van der Waals surface area contributed by atoms with Crippen molar-refractivity contribution in [1.82, 2.24) is 14.8 Å². The third-order valence-corrected chi connectivity index (χ3v) is 6.40. The van der Waals surface area contributed by atoms with Crippen molar-refractivity contribution in [2.24, 2.45) is 0 Å². The summed E-state index contributed by atoms with van der Waals surface area (Å²) in [6.07, 6.45) is -0.0273. The second-order valence-electron chi connectivity index (χ2n) is 7.41. The van der Waals surface area contributed by atoms with Crippen molar-refractivity contribution in [3.8, 4) is 5.13 Å². The number of para-hydroxylation sites is 1. The maximum Gasteiger partial charge on any atom is 0.277 e. The van der Waals surface area contributed by atoms with Crippen molar-refractivity contribution in [2.45, 2.75) is 26.2 Å². The average molecular weight is 418 g/mol. The summed E-state index contributed by atoms with van der Waals surface area (Å²) in [5.41, 5.74) is 2.91. The van der Waals surface area contributed by atoms with Gasteiger partial charge in [0.05, 0.1) is 27.4 Å². The van der Waals surface area contributed by atoms with Gasteiger partial charge in [0.25, 0.3) is 5.56 Å². The van der Waals surface area contributed by atoms with Crippen LogP contribution in [0.2, 0.25) is 0 Å². The van der Waals surface area contributed by atoms with Gasteiger partial charge in [0.15, 0.2) is 0 Å². The summed E-state index contributed by atoms with van der Waals surface area (Å²) in [6, 6.07) is 14.8. The Balaban J connectivity index is 1.55. The maximum absolute atomic E-state index is 13.2. The van der Waals surface area contributed by atoms with Crippen molar-refractivity contribution in [3.63, 3.8) is 0 Å². The SMILES string of the molecule is Cc1ccc(N2C(=O)C[C@H](c3c(C)[nH]n(-c4nc5ccccc5s4)c3=O)C2=O)cc1. The minimum absolute atomic E-state index is 0.0273. The number of aromatic nitrogens is 3. The number of hydrogen-bond donors (Lipinski definition) is 1. The lowest BCUT2D eigenvalue weighted by Crippen LogP contribution is -2.31. The fourth-order valence-corrected chi connectivity index (χ4v) is 4.81. The summed E-state index contributed by atoms with van der Waals surface area (Å²) >= 11 is 1.39. The number of nitrogens with one attached hydrogen (secondary N) is 1. The van der Waals surface area contributed by atoms with Gasteiger partial charge in [0.1, 0.15) is 0 Å². The largest absolute Gasteiger partial charge is 0.293 e. The van der Waals surface area contributed by atoms with E-state index in [-0.39, 0.29) is 23.8 Å². The Labute approximate surface area is 175 Å². The lowest BCUT2D eigenvalue weighted by molar-refractivity contribution is -0.121. The molecular weight excluding hydrogens is 400 g/mol. The fraction of sp³-hybridized carbons (Fsp3) is 0.182. The van der Waals surface area contributed by atoms with Crippen LogP contribution in [-0.2, 0) is 9.59 Å². The highest BCUT2D eigenvalue weighted by molar-refractivity contribution is 7.20. The van der Waals surface area contributed by atoms with Crippen LogP contribution in [0, 0.1) is 13.8 Å². The summed E-state index contributed by atoms with van der Waals surface area (Å²) < 4.78 is 2.33. The predicted octanol–water partition coefficient (Wildman–Crippen LogP) is 3.44. The molecule has 1 saturated heterocycles. The Morgan fingerprint density at radius 2 is 1.77 bits per heavy atom. The van der Waals surface area contributed by atoms with Gasteiger partial charge in [-0.05, 0) is 38.1 Å². The van der Waals surface area contributed by atoms with Gasteiger partial charge >= 0.3 is 0 Å².